The van der Waals surface area contributed by atoms with E-state index in [1.54, 1.807) is 24.3 Å². The first-order valence-electron chi connectivity index (χ1n) is 6.32. The lowest BCUT2D eigenvalue weighted by Gasteiger charge is -2.07. The maximum absolute atomic E-state index is 12.1. The van der Waals surface area contributed by atoms with E-state index in [0.717, 1.165) is 4.68 Å². The van der Waals surface area contributed by atoms with E-state index >= 15 is 0 Å². The number of rotatable bonds is 3. The molecular weight excluding hydrogens is 286 g/mol. The summed E-state index contributed by atoms with van der Waals surface area (Å²) >= 11 is 0. The van der Waals surface area contributed by atoms with Crippen LogP contribution in [-0.4, -0.2) is 35.9 Å². The van der Waals surface area contributed by atoms with Crippen molar-refractivity contribution in [3.05, 3.63) is 58.8 Å². The van der Waals surface area contributed by atoms with Crippen molar-refractivity contribution < 1.29 is 4.79 Å². The van der Waals surface area contributed by atoms with Crippen molar-refractivity contribution in [1.82, 2.24) is 30.0 Å². The molecule has 1 amide bonds. The molecule has 22 heavy (non-hydrogen) atoms. The lowest BCUT2D eigenvalue weighted by Crippen LogP contribution is -2.23. The maximum atomic E-state index is 12.1. The Hall–Kier alpha value is -3.36. The largest absolute Gasteiger partial charge is 0.321 e. The fraction of sp³-hybridized carbons (Fsp3) is 0.0769. The minimum Gasteiger partial charge on any atom is -0.321 e. The van der Waals surface area contributed by atoms with Gasteiger partial charge in [-0.3, -0.25) is 9.59 Å². The van der Waals surface area contributed by atoms with E-state index in [1.165, 1.54) is 30.2 Å². The third-order valence-corrected chi connectivity index (χ3v) is 2.91. The number of carbonyl (C=O) groups is 1. The zero-order valence-electron chi connectivity index (χ0n) is 11.5. The van der Waals surface area contributed by atoms with Crippen LogP contribution >= 0.6 is 0 Å². The van der Waals surface area contributed by atoms with E-state index in [2.05, 4.69) is 25.9 Å². The average Bonchev–Trinajstić information content (AvgIpc) is 3.04. The summed E-state index contributed by atoms with van der Waals surface area (Å²) in [6.45, 7) is 0. The molecule has 0 unspecified atom stereocenters. The van der Waals surface area contributed by atoms with E-state index < -0.39 is 5.91 Å². The van der Waals surface area contributed by atoms with Crippen LogP contribution in [0.25, 0.3) is 5.69 Å². The molecule has 0 spiro atoms. The minimum atomic E-state index is -0.413. The highest BCUT2D eigenvalue weighted by Gasteiger charge is 2.09. The molecule has 1 aromatic carbocycles. The van der Waals surface area contributed by atoms with E-state index in [0.29, 0.717) is 11.4 Å². The average molecular weight is 297 g/mol. The summed E-state index contributed by atoms with van der Waals surface area (Å²) in [7, 11) is 1.48. The Morgan fingerprint density at radius 2 is 2.09 bits per heavy atom. The second-order valence-electron chi connectivity index (χ2n) is 4.44. The van der Waals surface area contributed by atoms with Crippen LogP contribution in [0.1, 0.15) is 10.5 Å². The Morgan fingerprint density at radius 3 is 2.82 bits per heavy atom. The first-order chi connectivity index (χ1) is 10.6. The van der Waals surface area contributed by atoms with Gasteiger partial charge >= 0.3 is 0 Å². The number of hydrogen-bond acceptors (Lipinski definition) is 6. The van der Waals surface area contributed by atoms with Gasteiger partial charge in [-0.15, -0.1) is 5.10 Å². The summed E-state index contributed by atoms with van der Waals surface area (Å²) in [5.74, 6) is -0.413. The highest BCUT2D eigenvalue weighted by atomic mass is 16.2. The molecule has 9 nitrogen and oxygen atoms in total. The maximum Gasteiger partial charge on any atom is 0.276 e. The SMILES string of the molecule is Cn1nc(C(=O)Nc2cccc(-n3cnnn3)c2)ccc1=O. The molecular formula is C13H11N7O2. The molecule has 2 aromatic heterocycles. The van der Waals surface area contributed by atoms with Crippen molar-refractivity contribution in [2.45, 2.75) is 0 Å². The molecule has 0 bridgehead atoms. The number of hydrogen-bond donors (Lipinski definition) is 1. The molecule has 0 aliphatic carbocycles. The van der Waals surface area contributed by atoms with Gasteiger partial charge in [0.1, 0.15) is 12.0 Å². The molecule has 2 heterocycles. The predicted molar refractivity (Wildman–Crippen MR) is 76.6 cm³/mol. The third-order valence-electron chi connectivity index (χ3n) is 2.91. The molecule has 0 saturated carbocycles. The zero-order valence-corrected chi connectivity index (χ0v) is 11.5. The summed E-state index contributed by atoms with van der Waals surface area (Å²) in [4.78, 5) is 23.4. The van der Waals surface area contributed by atoms with E-state index in [4.69, 9.17) is 0 Å². The lowest BCUT2D eigenvalue weighted by molar-refractivity contribution is 0.102. The predicted octanol–water partition coefficient (Wildman–Crippen LogP) is 0.00830. The van der Waals surface area contributed by atoms with Gasteiger partial charge in [0, 0.05) is 18.8 Å². The second kappa shape index (κ2) is 5.56. The van der Waals surface area contributed by atoms with Crippen molar-refractivity contribution in [1.29, 1.82) is 0 Å². The molecule has 0 aliphatic rings. The topological polar surface area (TPSA) is 108 Å². The third kappa shape index (κ3) is 2.73. The van der Waals surface area contributed by atoms with Crippen molar-refractivity contribution in [3.63, 3.8) is 0 Å². The Labute approximate surface area is 124 Å². The number of amides is 1. The molecule has 0 fully saturated rings. The zero-order chi connectivity index (χ0) is 15.5. The van der Waals surface area contributed by atoms with Gasteiger partial charge in [-0.2, -0.15) is 5.10 Å². The normalized spacial score (nSPS) is 10.4. The second-order valence-corrected chi connectivity index (χ2v) is 4.44. The van der Waals surface area contributed by atoms with Gasteiger partial charge in [0.25, 0.3) is 11.5 Å². The summed E-state index contributed by atoms with van der Waals surface area (Å²) < 4.78 is 2.58. The number of benzene rings is 1. The number of aromatic nitrogens is 6. The minimum absolute atomic E-state index is 0.148. The summed E-state index contributed by atoms with van der Waals surface area (Å²) in [5, 5.41) is 17.5. The van der Waals surface area contributed by atoms with Crippen LogP contribution in [0.2, 0.25) is 0 Å². The van der Waals surface area contributed by atoms with Crippen LogP contribution in [0.5, 0.6) is 0 Å². The monoisotopic (exact) mass is 297 g/mol. The summed E-state index contributed by atoms with van der Waals surface area (Å²) in [6, 6.07) is 9.68. The molecule has 1 N–H and O–H groups in total. The van der Waals surface area contributed by atoms with E-state index in [1.807, 2.05) is 0 Å². The van der Waals surface area contributed by atoms with Crippen LogP contribution in [0.15, 0.2) is 47.5 Å². The summed E-state index contributed by atoms with van der Waals surface area (Å²) in [5.41, 5.74) is 1.14. The van der Waals surface area contributed by atoms with Gasteiger partial charge in [-0.1, -0.05) is 6.07 Å². The standard InChI is InChI=1S/C13H11N7O2/c1-19-12(21)6-5-11(16-19)13(22)15-9-3-2-4-10(7-9)20-8-14-17-18-20/h2-8H,1H3,(H,15,22). The Kier molecular flexibility index (Phi) is 3.44. The fourth-order valence-corrected chi connectivity index (χ4v) is 1.82. The van der Waals surface area contributed by atoms with Gasteiger partial charge in [0.15, 0.2) is 0 Å². The van der Waals surface area contributed by atoms with Crippen LogP contribution in [0.4, 0.5) is 5.69 Å². The van der Waals surface area contributed by atoms with Crippen molar-refractivity contribution in [3.8, 4) is 5.69 Å². The lowest BCUT2D eigenvalue weighted by atomic mass is 10.2. The van der Waals surface area contributed by atoms with Crippen LogP contribution in [0.3, 0.4) is 0 Å². The Bertz CT molecular complexity index is 870. The quantitative estimate of drug-likeness (QED) is 0.729. The Balaban J connectivity index is 1.83. The number of anilines is 1. The molecule has 0 aliphatic heterocycles. The fourth-order valence-electron chi connectivity index (χ4n) is 1.82. The van der Waals surface area contributed by atoms with Crippen molar-refractivity contribution >= 4 is 11.6 Å². The molecule has 110 valence electrons. The van der Waals surface area contributed by atoms with E-state index in [9.17, 15) is 9.59 Å². The highest BCUT2D eigenvalue weighted by Crippen LogP contribution is 2.14. The van der Waals surface area contributed by atoms with Crippen molar-refractivity contribution in [2.75, 3.05) is 5.32 Å². The molecule has 0 atom stereocenters. The molecule has 3 rings (SSSR count). The van der Waals surface area contributed by atoms with E-state index in [-0.39, 0.29) is 11.3 Å². The number of carbonyl (C=O) groups excluding carboxylic acids is 1. The van der Waals surface area contributed by atoms with Gasteiger partial charge in [0.2, 0.25) is 0 Å². The molecule has 0 saturated heterocycles. The van der Waals surface area contributed by atoms with Gasteiger partial charge in [0.05, 0.1) is 5.69 Å². The van der Waals surface area contributed by atoms with Crippen LogP contribution < -0.4 is 10.9 Å². The van der Waals surface area contributed by atoms with Gasteiger partial charge in [-0.05, 0) is 34.7 Å². The summed E-state index contributed by atoms with van der Waals surface area (Å²) in [6.07, 6.45) is 1.45. The number of tetrazole rings is 1. The van der Waals surface area contributed by atoms with Gasteiger partial charge in [-0.25, -0.2) is 9.36 Å². The first-order valence-corrected chi connectivity index (χ1v) is 6.32. The Morgan fingerprint density at radius 1 is 1.23 bits per heavy atom. The molecule has 3 aromatic rings. The van der Waals surface area contributed by atoms with Gasteiger partial charge < -0.3 is 5.32 Å². The van der Waals surface area contributed by atoms with Crippen molar-refractivity contribution in [2.24, 2.45) is 7.05 Å². The van der Waals surface area contributed by atoms with Crippen LogP contribution in [0, 0.1) is 0 Å². The number of nitrogens with one attached hydrogen (secondary N) is 1. The molecule has 9 heteroatoms. The number of aryl methyl sites for hydroxylation is 1. The van der Waals surface area contributed by atoms with Crippen LogP contribution in [-0.2, 0) is 7.05 Å². The molecule has 0 radical (unpaired) electrons. The number of nitrogens with zero attached hydrogens (tertiary/aromatic N) is 6. The smallest absolute Gasteiger partial charge is 0.276 e. The highest BCUT2D eigenvalue weighted by molar-refractivity contribution is 6.02. The first kappa shape index (κ1) is 13.6.